The molecule has 0 aromatic carbocycles. The van der Waals surface area contributed by atoms with Crippen LogP contribution in [0.15, 0.2) is 24.7 Å². The van der Waals surface area contributed by atoms with Crippen LogP contribution in [0.3, 0.4) is 0 Å². The fourth-order valence-electron chi connectivity index (χ4n) is 3.34. The molecule has 2 N–H and O–H groups in total. The summed E-state index contributed by atoms with van der Waals surface area (Å²) in [6.45, 7) is 4.28. The highest BCUT2D eigenvalue weighted by molar-refractivity contribution is 5.76. The van der Waals surface area contributed by atoms with Crippen LogP contribution in [0.1, 0.15) is 37.1 Å². The Hall–Kier alpha value is -2.44. The average molecular weight is 342 g/mol. The number of likely N-dealkylation sites (tertiary alicyclic amines) is 1. The fraction of sp³-hybridized carbons (Fsp3) is 0.556. The molecule has 0 radical (unpaired) electrons. The number of rotatable bonds is 5. The summed E-state index contributed by atoms with van der Waals surface area (Å²) in [5.41, 5.74) is 7.55. The summed E-state index contributed by atoms with van der Waals surface area (Å²) in [6, 6.07) is 1.96. The molecule has 2 aromatic heterocycles. The molecular weight excluding hydrogens is 316 g/mol. The van der Waals surface area contributed by atoms with Crippen LogP contribution in [0.4, 0.5) is 5.82 Å². The molecule has 1 atom stereocenters. The predicted molar refractivity (Wildman–Crippen MR) is 95.7 cm³/mol. The third-order valence-electron chi connectivity index (χ3n) is 4.75. The first-order valence-electron chi connectivity index (χ1n) is 8.94. The first-order valence-corrected chi connectivity index (χ1v) is 8.94. The Balaban J connectivity index is 1.47. The van der Waals surface area contributed by atoms with Crippen LogP contribution in [0.2, 0.25) is 0 Å². The van der Waals surface area contributed by atoms with E-state index in [2.05, 4.69) is 15.1 Å². The third-order valence-corrected chi connectivity index (χ3v) is 4.75. The summed E-state index contributed by atoms with van der Waals surface area (Å²) in [6.07, 6.45) is 9.88. The van der Waals surface area contributed by atoms with E-state index in [1.54, 1.807) is 12.4 Å². The minimum atomic E-state index is 0.223. The molecule has 1 amide bonds. The van der Waals surface area contributed by atoms with Crippen LogP contribution in [-0.2, 0) is 17.8 Å². The van der Waals surface area contributed by atoms with Crippen LogP contribution in [-0.4, -0.2) is 43.6 Å². The monoisotopic (exact) mass is 342 g/mol. The highest BCUT2D eigenvalue weighted by atomic mass is 16.2. The average Bonchev–Trinajstić information content (AvgIpc) is 2.88. The molecule has 3 heterocycles. The zero-order valence-electron chi connectivity index (χ0n) is 14.8. The van der Waals surface area contributed by atoms with Gasteiger partial charge in [0, 0.05) is 32.3 Å². The van der Waals surface area contributed by atoms with E-state index < -0.39 is 0 Å². The molecule has 1 aliphatic heterocycles. The Morgan fingerprint density at radius 2 is 2.16 bits per heavy atom. The first kappa shape index (κ1) is 17.4. The van der Waals surface area contributed by atoms with Crippen molar-refractivity contribution in [1.82, 2.24) is 24.6 Å². The quantitative estimate of drug-likeness (QED) is 0.895. The molecule has 25 heavy (non-hydrogen) atoms. The normalized spacial score (nSPS) is 18.1. The van der Waals surface area contributed by atoms with Crippen molar-refractivity contribution in [2.75, 3.05) is 18.8 Å². The topological polar surface area (TPSA) is 89.9 Å². The molecule has 2 aromatic rings. The second-order valence-corrected chi connectivity index (χ2v) is 6.78. The molecule has 1 fully saturated rings. The zero-order valence-corrected chi connectivity index (χ0v) is 14.8. The molecule has 0 aliphatic carbocycles. The van der Waals surface area contributed by atoms with Gasteiger partial charge in [0.15, 0.2) is 0 Å². The number of anilines is 1. The highest BCUT2D eigenvalue weighted by Crippen LogP contribution is 2.21. The lowest BCUT2D eigenvalue weighted by atomic mass is 9.95. The molecule has 0 bridgehead atoms. The van der Waals surface area contributed by atoms with Crippen LogP contribution < -0.4 is 5.73 Å². The van der Waals surface area contributed by atoms with Gasteiger partial charge in [-0.25, -0.2) is 4.98 Å². The van der Waals surface area contributed by atoms with E-state index in [1.807, 2.05) is 28.8 Å². The summed E-state index contributed by atoms with van der Waals surface area (Å²) in [7, 11) is 0. The number of aromatic nitrogens is 4. The Bertz CT molecular complexity index is 696. The molecule has 0 saturated carbocycles. The summed E-state index contributed by atoms with van der Waals surface area (Å²) in [5, 5.41) is 4.34. The highest BCUT2D eigenvalue weighted by Gasteiger charge is 2.21. The zero-order chi connectivity index (χ0) is 17.6. The van der Waals surface area contributed by atoms with Gasteiger partial charge in [-0.1, -0.05) is 0 Å². The number of nitrogen functional groups attached to an aromatic ring is 1. The van der Waals surface area contributed by atoms with Crippen molar-refractivity contribution in [2.24, 2.45) is 5.92 Å². The van der Waals surface area contributed by atoms with Gasteiger partial charge >= 0.3 is 0 Å². The molecule has 1 aliphatic rings. The predicted octanol–water partition coefficient (Wildman–Crippen LogP) is 1.83. The standard InChI is InChI=1S/C18H26N6O/c1-14-4-9-24(22-14)10-6-18(25)23-7-2-3-15(5-8-23)11-16-12-21-17(19)13-20-16/h4,9,12-13,15H,2-3,5-8,10-11H2,1H3,(H2,19,21)/t15-/m1/s1. The van der Waals surface area contributed by atoms with Gasteiger partial charge in [0.05, 0.1) is 23.8 Å². The summed E-state index contributed by atoms with van der Waals surface area (Å²) >= 11 is 0. The number of carbonyl (C=O) groups excluding carboxylic acids is 1. The maximum Gasteiger partial charge on any atom is 0.224 e. The Kier molecular flexibility index (Phi) is 5.63. The number of nitrogens with two attached hydrogens (primary N) is 1. The van der Waals surface area contributed by atoms with Gasteiger partial charge in [-0.05, 0) is 44.6 Å². The van der Waals surface area contributed by atoms with Crippen molar-refractivity contribution in [1.29, 1.82) is 0 Å². The number of amides is 1. The lowest BCUT2D eigenvalue weighted by molar-refractivity contribution is -0.131. The second-order valence-electron chi connectivity index (χ2n) is 6.78. The van der Waals surface area contributed by atoms with E-state index in [0.717, 1.165) is 50.2 Å². The number of hydrogen-bond acceptors (Lipinski definition) is 5. The van der Waals surface area contributed by atoms with Gasteiger partial charge in [0.1, 0.15) is 5.82 Å². The molecule has 134 valence electrons. The summed E-state index contributed by atoms with van der Waals surface area (Å²) < 4.78 is 1.84. The minimum Gasteiger partial charge on any atom is -0.382 e. The van der Waals surface area contributed by atoms with E-state index >= 15 is 0 Å². The van der Waals surface area contributed by atoms with Crippen LogP contribution in [0.5, 0.6) is 0 Å². The van der Waals surface area contributed by atoms with Gasteiger partial charge in [0.25, 0.3) is 0 Å². The second kappa shape index (κ2) is 8.09. The first-order chi connectivity index (χ1) is 12.1. The third kappa shape index (κ3) is 5.01. The van der Waals surface area contributed by atoms with Gasteiger partial charge in [-0.2, -0.15) is 5.10 Å². The molecule has 0 unspecified atom stereocenters. The molecule has 0 spiro atoms. The lowest BCUT2D eigenvalue weighted by Crippen LogP contribution is -2.32. The largest absolute Gasteiger partial charge is 0.382 e. The summed E-state index contributed by atoms with van der Waals surface area (Å²) in [5.74, 6) is 1.22. The molecule has 7 heteroatoms. The van der Waals surface area contributed by atoms with Gasteiger partial charge in [0.2, 0.25) is 5.91 Å². The van der Waals surface area contributed by atoms with Crippen LogP contribution >= 0.6 is 0 Å². The van der Waals surface area contributed by atoms with Gasteiger partial charge in [-0.15, -0.1) is 0 Å². The van der Waals surface area contributed by atoms with E-state index in [9.17, 15) is 4.79 Å². The van der Waals surface area contributed by atoms with E-state index in [0.29, 0.717) is 24.7 Å². The lowest BCUT2D eigenvalue weighted by Gasteiger charge is -2.20. The number of hydrogen-bond donors (Lipinski definition) is 1. The fourth-order valence-corrected chi connectivity index (χ4v) is 3.34. The number of carbonyl (C=O) groups is 1. The van der Waals surface area contributed by atoms with E-state index in [4.69, 9.17) is 5.73 Å². The molecule has 1 saturated heterocycles. The van der Waals surface area contributed by atoms with Gasteiger partial charge < -0.3 is 10.6 Å². The number of nitrogens with zero attached hydrogens (tertiary/aromatic N) is 5. The SMILES string of the molecule is Cc1ccn(CCC(=O)N2CCC[C@@H](Cc3cnc(N)cn3)CC2)n1. The Morgan fingerprint density at radius 1 is 1.28 bits per heavy atom. The molecular formula is C18H26N6O. The van der Waals surface area contributed by atoms with E-state index in [-0.39, 0.29) is 5.91 Å². The Morgan fingerprint density at radius 3 is 2.88 bits per heavy atom. The molecule has 3 rings (SSSR count). The van der Waals surface area contributed by atoms with Crippen molar-refractivity contribution >= 4 is 11.7 Å². The van der Waals surface area contributed by atoms with Crippen molar-refractivity contribution < 1.29 is 4.79 Å². The smallest absolute Gasteiger partial charge is 0.224 e. The van der Waals surface area contributed by atoms with Crippen molar-refractivity contribution in [3.05, 3.63) is 36.0 Å². The minimum absolute atomic E-state index is 0.223. The van der Waals surface area contributed by atoms with Crippen LogP contribution in [0.25, 0.3) is 0 Å². The van der Waals surface area contributed by atoms with Crippen molar-refractivity contribution in [3.8, 4) is 0 Å². The summed E-state index contributed by atoms with van der Waals surface area (Å²) in [4.78, 5) is 22.9. The Labute approximate surface area is 148 Å². The maximum absolute atomic E-state index is 12.5. The van der Waals surface area contributed by atoms with Gasteiger partial charge in [-0.3, -0.25) is 14.5 Å². The van der Waals surface area contributed by atoms with E-state index in [1.165, 1.54) is 0 Å². The molecule has 7 nitrogen and oxygen atoms in total. The number of aryl methyl sites for hydroxylation is 2. The van der Waals surface area contributed by atoms with Crippen LogP contribution in [0, 0.1) is 12.8 Å². The van der Waals surface area contributed by atoms with Crippen molar-refractivity contribution in [2.45, 2.75) is 45.6 Å². The van der Waals surface area contributed by atoms with Crippen molar-refractivity contribution in [3.63, 3.8) is 0 Å². The maximum atomic E-state index is 12.5.